The van der Waals surface area contributed by atoms with Gasteiger partial charge < -0.3 is 19.1 Å². The van der Waals surface area contributed by atoms with Crippen molar-refractivity contribution in [3.05, 3.63) is 36.4 Å². The Hall–Kier alpha value is -3.07. The summed E-state index contributed by atoms with van der Waals surface area (Å²) in [6.07, 6.45) is 10.1. The number of oxazole rings is 2. The Morgan fingerprint density at radius 2 is 2.03 bits per heavy atom. The van der Waals surface area contributed by atoms with Crippen LogP contribution in [0.1, 0.15) is 76.6 Å². The highest BCUT2D eigenvalue weighted by Crippen LogP contribution is 2.59. The number of fused-ring (bicyclic) bond motifs is 1. The first-order valence-electron chi connectivity index (χ1n) is 13.4. The Balaban J connectivity index is 1.29. The number of rotatable bonds is 11. The number of piperidine rings is 1. The van der Waals surface area contributed by atoms with Gasteiger partial charge >= 0.3 is 0 Å². The monoisotopic (exact) mass is 510 g/mol. The van der Waals surface area contributed by atoms with E-state index in [4.69, 9.17) is 8.83 Å². The van der Waals surface area contributed by atoms with Crippen molar-refractivity contribution < 1.29 is 22.8 Å². The van der Waals surface area contributed by atoms with Gasteiger partial charge in [0.2, 0.25) is 11.8 Å². The van der Waals surface area contributed by atoms with Gasteiger partial charge in [0.1, 0.15) is 23.2 Å². The second kappa shape index (κ2) is 10.7. The van der Waals surface area contributed by atoms with Crippen LogP contribution in [-0.2, 0) is 9.59 Å². The van der Waals surface area contributed by atoms with E-state index in [-0.39, 0.29) is 34.3 Å². The Kier molecular flexibility index (Phi) is 7.42. The van der Waals surface area contributed by atoms with Crippen molar-refractivity contribution in [3.63, 3.8) is 0 Å². The molecule has 5 rings (SSSR count). The van der Waals surface area contributed by atoms with Crippen LogP contribution in [0.25, 0.3) is 22.4 Å². The van der Waals surface area contributed by atoms with Gasteiger partial charge in [-0.05, 0) is 63.7 Å². The van der Waals surface area contributed by atoms with E-state index >= 15 is 0 Å². The lowest BCUT2D eigenvalue weighted by atomic mass is 9.91. The number of nitrogens with one attached hydrogen (secondary N) is 1. The molecule has 1 aromatic carbocycles. The third kappa shape index (κ3) is 5.61. The predicted molar refractivity (Wildman–Crippen MR) is 136 cm³/mol. The molecule has 1 amide bonds. The van der Waals surface area contributed by atoms with Crippen LogP contribution in [0.3, 0.4) is 0 Å². The summed E-state index contributed by atoms with van der Waals surface area (Å²) in [5, 5.41) is 3.20. The third-order valence-corrected chi connectivity index (χ3v) is 8.16. The number of likely N-dealkylation sites (tertiary alicyclic amines) is 1. The SMILES string of the molecule is CCC(=O)CCCCC[C@H](NC(=O)[C@H]1CC12CCN(C)CC2)c1ncc(-c2cc3ocnc3cc2F)o1. The normalized spacial score (nSPS) is 19.8. The Morgan fingerprint density at radius 1 is 1.22 bits per heavy atom. The van der Waals surface area contributed by atoms with Gasteiger partial charge in [0, 0.05) is 24.8 Å². The van der Waals surface area contributed by atoms with Gasteiger partial charge in [0.15, 0.2) is 17.7 Å². The maximum Gasteiger partial charge on any atom is 0.224 e. The van der Waals surface area contributed by atoms with Crippen molar-refractivity contribution in [3.8, 4) is 11.3 Å². The van der Waals surface area contributed by atoms with Crippen LogP contribution in [-0.4, -0.2) is 46.7 Å². The van der Waals surface area contributed by atoms with Gasteiger partial charge in [0.05, 0.1) is 11.8 Å². The van der Waals surface area contributed by atoms with Crippen LogP contribution in [0.15, 0.2) is 33.6 Å². The fourth-order valence-electron chi connectivity index (χ4n) is 5.53. The number of halogens is 1. The number of unbranched alkanes of at least 4 members (excludes halogenated alkanes) is 2. The van der Waals surface area contributed by atoms with Gasteiger partial charge in [-0.15, -0.1) is 0 Å². The molecule has 1 saturated carbocycles. The number of hydrogen-bond acceptors (Lipinski definition) is 7. The molecule has 2 atom stereocenters. The van der Waals surface area contributed by atoms with Gasteiger partial charge in [-0.1, -0.05) is 19.8 Å². The van der Waals surface area contributed by atoms with E-state index in [1.54, 1.807) is 6.07 Å². The second-order valence-electron chi connectivity index (χ2n) is 10.7. The molecule has 1 saturated heterocycles. The molecule has 2 fully saturated rings. The topological polar surface area (TPSA) is 101 Å². The van der Waals surface area contributed by atoms with E-state index in [1.165, 1.54) is 18.7 Å². The third-order valence-electron chi connectivity index (χ3n) is 8.16. The second-order valence-corrected chi connectivity index (χ2v) is 10.7. The average Bonchev–Trinajstić information content (AvgIpc) is 3.20. The Labute approximate surface area is 216 Å². The highest BCUT2D eigenvalue weighted by Gasteiger charge is 2.58. The van der Waals surface area contributed by atoms with E-state index < -0.39 is 11.9 Å². The van der Waals surface area contributed by atoms with E-state index in [1.807, 2.05) is 6.92 Å². The number of nitrogens with zero attached hydrogens (tertiary/aromatic N) is 3. The summed E-state index contributed by atoms with van der Waals surface area (Å²) >= 11 is 0. The lowest BCUT2D eigenvalue weighted by molar-refractivity contribution is -0.124. The highest BCUT2D eigenvalue weighted by atomic mass is 19.1. The average molecular weight is 511 g/mol. The van der Waals surface area contributed by atoms with Gasteiger partial charge in [-0.2, -0.15) is 0 Å². The number of ketones is 1. The van der Waals surface area contributed by atoms with E-state index in [0.29, 0.717) is 36.3 Å². The van der Waals surface area contributed by atoms with Crippen LogP contribution in [0.5, 0.6) is 0 Å². The summed E-state index contributed by atoms with van der Waals surface area (Å²) in [7, 11) is 2.12. The maximum atomic E-state index is 14.8. The number of hydrogen-bond donors (Lipinski definition) is 1. The van der Waals surface area contributed by atoms with Gasteiger partial charge in [0.25, 0.3) is 0 Å². The predicted octanol–water partition coefficient (Wildman–Crippen LogP) is 5.44. The smallest absolute Gasteiger partial charge is 0.224 e. The molecule has 9 heteroatoms. The van der Waals surface area contributed by atoms with Crippen LogP contribution >= 0.6 is 0 Å². The Morgan fingerprint density at radius 3 is 2.81 bits per heavy atom. The molecule has 1 N–H and O–H groups in total. The summed E-state index contributed by atoms with van der Waals surface area (Å²) in [5.74, 6) is 0.494. The zero-order valence-corrected chi connectivity index (χ0v) is 21.6. The minimum atomic E-state index is -0.479. The standard InChI is InChI=1S/C28H35FN4O4/c1-3-18(34)7-5-4-6-8-22(32-26(35)20-15-28(20)9-11-33(2)12-10-28)27-30-16-25(37-27)19-13-24-23(14-21(19)29)31-17-36-24/h13-14,16-17,20,22H,3-12,15H2,1-2H3,(H,32,35)/t20-,22+/m1/s1. The fourth-order valence-corrected chi connectivity index (χ4v) is 5.53. The molecular weight excluding hydrogens is 475 g/mol. The number of benzene rings is 1. The quantitative estimate of drug-likeness (QED) is 0.343. The van der Waals surface area contributed by atoms with Crippen molar-refractivity contribution in [2.75, 3.05) is 20.1 Å². The summed E-state index contributed by atoms with van der Waals surface area (Å²) < 4.78 is 26.1. The summed E-state index contributed by atoms with van der Waals surface area (Å²) in [6.45, 7) is 3.92. The minimum Gasteiger partial charge on any atom is -0.443 e. The fraction of sp³-hybridized carbons (Fsp3) is 0.571. The molecule has 1 aliphatic carbocycles. The zero-order chi connectivity index (χ0) is 26.0. The molecular formula is C28H35FN4O4. The van der Waals surface area contributed by atoms with E-state index in [0.717, 1.165) is 51.6 Å². The van der Waals surface area contributed by atoms with Crippen LogP contribution in [0.4, 0.5) is 4.39 Å². The molecule has 0 unspecified atom stereocenters. The van der Waals surface area contributed by atoms with Gasteiger partial charge in [-0.25, -0.2) is 14.4 Å². The number of Topliss-reactive ketones (excluding diaryl/α,β-unsaturated/α-hetero) is 1. The van der Waals surface area contributed by atoms with Crippen molar-refractivity contribution in [1.82, 2.24) is 20.2 Å². The summed E-state index contributed by atoms with van der Waals surface area (Å²) in [6, 6.07) is 2.44. The molecule has 2 aliphatic rings. The molecule has 3 heterocycles. The van der Waals surface area contributed by atoms with Crippen molar-refractivity contribution in [2.24, 2.45) is 11.3 Å². The summed E-state index contributed by atoms with van der Waals surface area (Å²) in [5.41, 5.74) is 1.25. The molecule has 3 aromatic rings. The zero-order valence-electron chi connectivity index (χ0n) is 21.6. The lowest BCUT2D eigenvalue weighted by Crippen LogP contribution is -2.36. The molecule has 1 spiro atoms. The van der Waals surface area contributed by atoms with Crippen LogP contribution in [0.2, 0.25) is 0 Å². The Bertz CT molecular complexity index is 1260. The van der Waals surface area contributed by atoms with E-state index in [9.17, 15) is 14.0 Å². The first-order chi connectivity index (χ1) is 17.9. The molecule has 1 aliphatic heterocycles. The number of amides is 1. The summed E-state index contributed by atoms with van der Waals surface area (Å²) in [4.78, 5) is 35.7. The molecule has 198 valence electrons. The minimum absolute atomic E-state index is 0.0200. The van der Waals surface area contributed by atoms with Crippen molar-refractivity contribution >= 4 is 22.8 Å². The van der Waals surface area contributed by atoms with Crippen LogP contribution in [0, 0.1) is 17.2 Å². The molecule has 8 nitrogen and oxygen atoms in total. The first kappa shape index (κ1) is 25.6. The lowest BCUT2D eigenvalue weighted by Gasteiger charge is -2.30. The number of carbonyl (C=O) groups is 2. The molecule has 37 heavy (non-hydrogen) atoms. The number of carbonyl (C=O) groups excluding carboxylic acids is 2. The number of aromatic nitrogens is 2. The maximum absolute atomic E-state index is 14.8. The largest absolute Gasteiger partial charge is 0.443 e. The van der Waals surface area contributed by atoms with E-state index in [2.05, 4.69) is 27.2 Å². The molecule has 0 bridgehead atoms. The van der Waals surface area contributed by atoms with Crippen molar-refractivity contribution in [1.29, 1.82) is 0 Å². The highest BCUT2D eigenvalue weighted by molar-refractivity contribution is 5.83. The first-order valence-corrected chi connectivity index (χ1v) is 13.4. The molecule has 2 aromatic heterocycles. The van der Waals surface area contributed by atoms with Crippen LogP contribution < -0.4 is 5.32 Å². The van der Waals surface area contributed by atoms with Gasteiger partial charge in [-0.3, -0.25) is 9.59 Å². The molecule has 0 radical (unpaired) electrons. The van der Waals surface area contributed by atoms with Crippen molar-refractivity contribution in [2.45, 2.75) is 70.8 Å².